The number of hydrogen-bond acceptors (Lipinski definition) is 2. The zero-order chi connectivity index (χ0) is 14.1. The Kier molecular flexibility index (Phi) is 7.26. The topological polar surface area (TPSA) is 46.1 Å². The van der Waals surface area contributed by atoms with E-state index in [0.717, 1.165) is 25.8 Å². The van der Waals surface area contributed by atoms with Gasteiger partial charge in [-0.3, -0.25) is 4.79 Å². The fourth-order valence-electron chi connectivity index (χ4n) is 2.18. The zero-order valence-corrected chi connectivity index (χ0v) is 12.4. The smallest absolute Gasteiger partial charge is 0.239 e. The predicted molar refractivity (Wildman–Crippen MR) is 79.1 cm³/mol. The minimum Gasteiger partial charge on any atom is -0.355 e. The van der Waals surface area contributed by atoms with Crippen LogP contribution in [0.4, 0.5) is 0 Å². The van der Waals surface area contributed by atoms with E-state index in [9.17, 15) is 4.79 Å². The van der Waals surface area contributed by atoms with Crippen LogP contribution in [0.3, 0.4) is 0 Å². The van der Waals surface area contributed by atoms with Gasteiger partial charge in [0.1, 0.15) is 6.54 Å². The van der Waals surface area contributed by atoms with E-state index in [-0.39, 0.29) is 5.91 Å². The summed E-state index contributed by atoms with van der Waals surface area (Å²) in [5, 5.41) is 6.38. The van der Waals surface area contributed by atoms with Crippen molar-refractivity contribution < 1.29 is 4.79 Å². The molecule has 0 aromatic carbocycles. The Morgan fingerprint density at radius 3 is 2.74 bits per heavy atom. The molecule has 0 aliphatic heterocycles. The van der Waals surface area contributed by atoms with E-state index in [1.54, 1.807) is 0 Å². The summed E-state index contributed by atoms with van der Waals surface area (Å²) < 4.78 is 1.95. The molecule has 0 aliphatic rings. The van der Waals surface area contributed by atoms with Crippen molar-refractivity contribution in [3.05, 3.63) is 24.0 Å². The lowest BCUT2D eigenvalue weighted by molar-refractivity contribution is -0.121. The molecular weight excluding hydrogens is 238 g/mol. The molecule has 4 heteroatoms. The number of rotatable bonds is 9. The molecule has 0 radical (unpaired) electrons. The van der Waals surface area contributed by atoms with Crippen molar-refractivity contribution in [2.24, 2.45) is 0 Å². The third kappa shape index (κ3) is 5.47. The first-order chi connectivity index (χ1) is 9.21. The van der Waals surface area contributed by atoms with Crippen molar-refractivity contribution in [2.75, 3.05) is 13.1 Å². The Hall–Kier alpha value is -1.29. The Balaban J connectivity index is 2.61. The summed E-state index contributed by atoms with van der Waals surface area (Å²) in [5.41, 5.74) is 1.28. The quantitative estimate of drug-likeness (QED) is 0.720. The Morgan fingerprint density at radius 2 is 2.11 bits per heavy atom. The summed E-state index contributed by atoms with van der Waals surface area (Å²) in [5.74, 6) is 0.0678. The maximum Gasteiger partial charge on any atom is 0.239 e. The monoisotopic (exact) mass is 265 g/mol. The standard InChI is InChI=1S/C15H27N3O/c1-4-7-14(17-9-5-2)13-8-10-18(11-13)12-15(19)16-6-3/h8,10-11,14,17H,4-7,9,12H2,1-3H3,(H,16,19). The molecule has 2 N–H and O–H groups in total. The number of carbonyl (C=O) groups excluding carboxylic acids is 1. The van der Waals surface area contributed by atoms with Crippen LogP contribution in [-0.4, -0.2) is 23.6 Å². The van der Waals surface area contributed by atoms with Gasteiger partial charge in [-0.15, -0.1) is 0 Å². The maximum absolute atomic E-state index is 11.5. The Morgan fingerprint density at radius 1 is 1.32 bits per heavy atom. The summed E-state index contributed by atoms with van der Waals surface area (Å²) in [7, 11) is 0. The van der Waals surface area contributed by atoms with Crippen LogP contribution in [0.5, 0.6) is 0 Å². The van der Waals surface area contributed by atoms with Crippen LogP contribution in [0.25, 0.3) is 0 Å². The van der Waals surface area contributed by atoms with Gasteiger partial charge in [0.25, 0.3) is 0 Å². The van der Waals surface area contributed by atoms with Crippen molar-refractivity contribution in [1.29, 1.82) is 0 Å². The largest absolute Gasteiger partial charge is 0.355 e. The number of nitrogens with one attached hydrogen (secondary N) is 2. The molecule has 0 fully saturated rings. The van der Waals surface area contributed by atoms with Crippen molar-refractivity contribution in [3.63, 3.8) is 0 Å². The molecule has 1 aromatic heterocycles. The van der Waals surface area contributed by atoms with E-state index in [0.29, 0.717) is 19.1 Å². The molecule has 0 bridgehead atoms. The lowest BCUT2D eigenvalue weighted by Gasteiger charge is -2.16. The number of aromatic nitrogens is 1. The van der Waals surface area contributed by atoms with Crippen molar-refractivity contribution in [1.82, 2.24) is 15.2 Å². The molecule has 19 heavy (non-hydrogen) atoms. The number of nitrogens with zero attached hydrogens (tertiary/aromatic N) is 1. The fraction of sp³-hybridized carbons (Fsp3) is 0.667. The summed E-state index contributed by atoms with van der Waals surface area (Å²) >= 11 is 0. The normalized spacial score (nSPS) is 12.4. The molecule has 0 saturated carbocycles. The summed E-state index contributed by atoms with van der Waals surface area (Å²) in [6.07, 6.45) is 7.49. The van der Waals surface area contributed by atoms with Crippen LogP contribution >= 0.6 is 0 Å². The second kappa shape index (κ2) is 8.75. The fourth-order valence-corrected chi connectivity index (χ4v) is 2.18. The van der Waals surface area contributed by atoms with Gasteiger partial charge in [-0.25, -0.2) is 0 Å². The SMILES string of the molecule is CCCNC(CCC)c1ccn(CC(=O)NCC)c1. The van der Waals surface area contributed by atoms with Gasteiger partial charge in [0, 0.05) is 25.0 Å². The highest BCUT2D eigenvalue weighted by Crippen LogP contribution is 2.18. The predicted octanol–water partition coefficient (Wildman–Crippen LogP) is 2.47. The molecule has 1 unspecified atom stereocenters. The van der Waals surface area contributed by atoms with Crippen LogP contribution in [0, 0.1) is 0 Å². The van der Waals surface area contributed by atoms with Crippen LogP contribution in [0.15, 0.2) is 18.5 Å². The average Bonchev–Trinajstić information content (AvgIpc) is 2.83. The lowest BCUT2D eigenvalue weighted by Crippen LogP contribution is -2.26. The molecular formula is C15H27N3O. The Bertz CT molecular complexity index is 373. The molecule has 108 valence electrons. The highest BCUT2D eigenvalue weighted by molar-refractivity contribution is 5.75. The van der Waals surface area contributed by atoms with Crippen LogP contribution in [0.2, 0.25) is 0 Å². The van der Waals surface area contributed by atoms with E-state index in [1.165, 1.54) is 5.56 Å². The van der Waals surface area contributed by atoms with Gasteiger partial charge in [-0.2, -0.15) is 0 Å². The van der Waals surface area contributed by atoms with Gasteiger partial charge >= 0.3 is 0 Å². The second-order valence-electron chi connectivity index (χ2n) is 4.87. The molecule has 1 amide bonds. The molecule has 4 nitrogen and oxygen atoms in total. The highest BCUT2D eigenvalue weighted by Gasteiger charge is 2.11. The lowest BCUT2D eigenvalue weighted by atomic mass is 10.1. The first kappa shape index (κ1) is 15.8. The number of carbonyl (C=O) groups is 1. The van der Waals surface area contributed by atoms with Gasteiger partial charge in [-0.05, 0) is 37.9 Å². The Labute approximate surface area is 116 Å². The van der Waals surface area contributed by atoms with Crippen LogP contribution in [-0.2, 0) is 11.3 Å². The van der Waals surface area contributed by atoms with E-state index in [4.69, 9.17) is 0 Å². The average molecular weight is 265 g/mol. The van der Waals surface area contributed by atoms with Crippen LogP contribution in [0.1, 0.15) is 51.6 Å². The van der Waals surface area contributed by atoms with Crippen molar-refractivity contribution >= 4 is 5.91 Å². The summed E-state index contributed by atoms with van der Waals surface area (Å²) in [4.78, 5) is 11.5. The molecule has 1 aromatic rings. The van der Waals surface area contributed by atoms with E-state index < -0.39 is 0 Å². The molecule has 1 atom stereocenters. The third-order valence-corrected chi connectivity index (χ3v) is 3.09. The number of amides is 1. The van der Waals surface area contributed by atoms with E-state index >= 15 is 0 Å². The van der Waals surface area contributed by atoms with Gasteiger partial charge in [0.05, 0.1) is 0 Å². The zero-order valence-electron chi connectivity index (χ0n) is 12.4. The van der Waals surface area contributed by atoms with E-state index in [2.05, 4.69) is 36.7 Å². The van der Waals surface area contributed by atoms with Gasteiger partial charge in [0.2, 0.25) is 5.91 Å². The first-order valence-electron chi connectivity index (χ1n) is 7.37. The maximum atomic E-state index is 11.5. The minimum absolute atomic E-state index is 0.0678. The van der Waals surface area contributed by atoms with Crippen LogP contribution < -0.4 is 10.6 Å². The van der Waals surface area contributed by atoms with Gasteiger partial charge in [-0.1, -0.05) is 20.3 Å². The van der Waals surface area contributed by atoms with E-state index in [1.807, 2.05) is 17.7 Å². The summed E-state index contributed by atoms with van der Waals surface area (Å²) in [6, 6.07) is 2.52. The highest BCUT2D eigenvalue weighted by atomic mass is 16.1. The van der Waals surface area contributed by atoms with Gasteiger partial charge < -0.3 is 15.2 Å². The van der Waals surface area contributed by atoms with Crippen molar-refractivity contribution in [2.45, 2.75) is 52.6 Å². The molecule has 0 aliphatic carbocycles. The van der Waals surface area contributed by atoms with Crippen molar-refractivity contribution in [3.8, 4) is 0 Å². The number of likely N-dealkylation sites (N-methyl/N-ethyl adjacent to an activating group) is 1. The second-order valence-corrected chi connectivity index (χ2v) is 4.87. The molecule has 0 saturated heterocycles. The molecule has 0 spiro atoms. The molecule has 1 heterocycles. The minimum atomic E-state index is 0.0678. The number of hydrogen-bond donors (Lipinski definition) is 2. The molecule has 1 rings (SSSR count). The summed E-state index contributed by atoms with van der Waals surface area (Å²) in [6.45, 7) is 8.43. The first-order valence-corrected chi connectivity index (χ1v) is 7.37. The van der Waals surface area contributed by atoms with Gasteiger partial charge in [0.15, 0.2) is 0 Å². The third-order valence-electron chi connectivity index (χ3n) is 3.09.